The molecule has 6 atom stereocenters. The van der Waals surface area contributed by atoms with Crippen molar-refractivity contribution in [3.05, 3.63) is 33.4 Å². The van der Waals surface area contributed by atoms with Crippen LogP contribution in [0.1, 0.15) is 101 Å². The number of allylic oxidation sites excluding steroid dienone is 6. The first-order valence-corrected chi connectivity index (χ1v) is 25.3. The fourth-order valence-corrected chi connectivity index (χ4v) is 11.6. The predicted molar refractivity (Wildman–Crippen MR) is 203 cm³/mol. The Hall–Kier alpha value is -2.11. The molecule has 0 aromatic carbocycles. The van der Waals surface area contributed by atoms with Gasteiger partial charge in [-0.2, -0.15) is 0 Å². The van der Waals surface area contributed by atoms with Crippen molar-refractivity contribution < 1.29 is 0 Å². The molecule has 0 heterocycles. The SMILES string of the molecule is CC1(C)[C@@H]2CC[C@@]1(C)C(C#CC1=C(C#C[Si](C)(C)C)[C@]3(C)CC[C@H]1C3(C)C)=C2C#CC1=C(C#C[Si](C)(C)C)[C@]2(C)CC[C@H]1C2(C)C. The molecule has 0 aromatic heterocycles. The summed E-state index contributed by atoms with van der Waals surface area (Å²) in [5.74, 6) is 24.7. The fraction of sp³-hybridized carbons (Fsp3) is 0.682. The molecule has 0 amide bonds. The molecule has 3 saturated carbocycles. The Morgan fingerprint density at radius 2 is 0.674 bits per heavy atom. The summed E-state index contributed by atoms with van der Waals surface area (Å²) in [6.45, 7) is 36.4. The van der Waals surface area contributed by atoms with Crippen LogP contribution in [-0.2, 0) is 0 Å². The summed E-state index contributed by atoms with van der Waals surface area (Å²) < 4.78 is 0. The van der Waals surface area contributed by atoms with Gasteiger partial charge in [-0.15, -0.1) is 11.1 Å². The largest absolute Gasteiger partial charge is 0.129 e. The van der Waals surface area contributed by atoms with Crippen LogP contribution >= 0.6 is 0 Å². The number of fused-ring (bicyclic) bond motifs is 6. The van der Waals surface area contributed by atoms with Gasteiger partial charge in [-0.05, 0) is 72.5 Å². The molecular weight excluding hydrogens is 585 g/mol. The van der Waals surface area contributed by atoms with E-state index in [1.165, 1.54) is 72.0 Å². The molecule has 0 aliphatic heterocycles. The maximum atomic E-state index is 3.93. The average Bonchev–Trinajstić information content (AvgIpc) is 3.54. The van der Waals surface area contributed by atoms with E-state index < -0.39 is 16.1 Å². The van der Waals surface area contributed by atoms with E-state index in [2.05, 4.69) is 148 Å². The third-order valence-corrected chi connectivity index (χ3v) is 16.7. The summed E-state index contributed by atoms with van der Waals surface area (Å²) in [5, 5.41) is 0. The second kappa shape index (κ2) is 9.97. The minimum Gasteiger partial charge on any atom is -0.127 e. The molecule has 0 aromatic rings. The maximum absolute atomic E-state index is 3.93. The summed E-state index contributed by atoms with van der Waals surface area (Å²) in [6, 6.07) is 0. The van der Waals surface area contributed by atoms with E-state index in [-0.39, 0.29) is 32.5 Å². The van der Waals surface area contributed by atoms with E-state index >= 15 is 0 Å². The molecule has 6 rings (SSSR count). The van der Waals surface area contributed by atoms with E-state index in [9.17, 15) is 0 Å². The van der Waals surface area contributed by atoms with E-state index in [1.807, 2.05) is 0 Å². The van der Waals surface area contributed by atoms with E-state index in [0.29, 0.717) is 17.8 Å². The third kappa shape index (κ3) is 4.49. The topological polar surface area (TPSA) is 0 Å². The first-order valence-electron chi connectivity index (χ1n) is 18.3. The second-order valence-electron chi connectivity index (χ2n) is 20.3. The molecule has 6 aliphatic carbocycles. The van der Waals surface area contributed by atoms with Crippen molar-refractivity contribution in [2.24, 2.45) is 50.2 Å². The van der Waals surface area contributed by atoms with Gasteiger partial charge in [0, 0.05) is 49.7 Å². The maximum Gasteiger partial charge on any atom is 0.129 e. The molecule has 2 heteroatoms. The first-order chi connectivity index (χ1) is 20.9. The first kappa shape index (κ1) is 33.8. The van der Waals surface area contributed by atoms with E-state index in [0.717, 1.165) is 0 Å². The molecule has 6 aliphatic rings. The Kier molecular flexibility index (Phi) is 7.32. The summed E-state index contributed by atoms with van der Waals surface area (Å²) >= 11 is 0. The van der Waals surface area contributed by atoms with Crippen LogP contribution in [-0.4, -0.2) is 16.1 Å². The van der Waals surface area contributed by atoms with Gasteiger partial charge in [-0.3, -0.25) is 0 Å². The van der Waals surface area contributed by atoms with Gasteiger partial charge in [0.15, 0.2) is 0 Å². The normalized spacial score (nSPS) is 37.4. The lowest BCUT2D eigenvalue weighted by Crippen LogP contribution is -2.30. The lowest BCUT2D eigenvalue weighted by molar-refractivity contribution is 0.174. The summed E-state index contributed by atoms with van der Waals surface area (Å²) in [6.07, 6.45) is 7.34. The van der Waals surface area contributed by atoms with Crippen LogP contribution in [0.2, 0.25) is 39.3 Å². The highest BCUT2D eigenvalue weighted by Gasteiger charge is 2.63. The summed E-state index contributed by atoms with van der Waals surface area (Å²) in [5.41, 5.74) is 16.4. The average molecular weight is 645 g/mol. The van der Waals surface area contributed by atoms with Crippen molar-refractivity contribution in [3.63, 3.8) is 0 Å². The zero-order valence-electron chi connectivity index (χ0n) is 32.0. The van der Waals surface area contributed by atoms with Crippen molar-refractivity contribution >= 4 is 16.1 Å². The smallest absolute Gasteiger partial charge is 0.127 e. The molecule has 3 fully saturated rings. The van der Waals surface area contributed by atoms with Gasteiger partial charge >= 0.3 is 0 Å². The van der Waals surface area contributed by atoms with Gasteiger partial charge in [-0.25, -0.2) is 0 Å². The quantitative estimate of drug-likeness (QED) is 0.182. The molecule has 0 N–H and O–H groups in total. The monoisotopic (exact) mass is 644 g/mol. The van der Waals surface area contributed by atoms with Crippen LogP contribution < -0.4 is 0 Å². The minimum atomic E-state index is -1.51. The van der Waals surface area contributed by atoms with Crippen LogP contribution in [0.3, 0.4) is 0 Å². The Morgan fingerprint density at radius 3 is 0.957 bits per heavy atom. The van der Waals surface area contributed by atoms with Crippen LogP contribution in [0.5, 0.6) is 0 Å². The van der Waals surface area contributed by atoms with Gasteiger partial charge in [0.05, 0.1) is 0 Å². The highest BCUT2D eigenvalue weighted by atomic mass is 28.3. The molecule has 0 saturated heterocycles. The predicted octanol–water partition coefficient (Wildman–Crippen LogP) is 11.0. The molecule has 244 valence electrons. The van der Waals surface area contributed by atoms with Crippen molar-refractivity contribution in [2.75, 3.05) is 0 Å². The molecule has 0 nitrogen and oxygen atoms in total. The highest BCUT2D eigenvalue weighted by Crippen LogP contribution is 2.70. The summed E-state index contributed by atoms with van der Waals surface area (Å²) in [4.78, 5) is 0. The Bertz CT molecular complexity index is 1760. The lowest BCUT2D eigenvalue weighted by atomic mass is 9.67. The van der Waals surface area contributed by atoms with Crippen LogP contribution in [0.15, 0.2) is 33.4 Å². The molecule has 0 unspecified atom stereocenters. The van der Waals surface area contributed by atoms with Gasteiger partial charge in [0.2, 0.25) is 0 Å². The Morgan fingerprint density at radius 1 is 0.413 bits per heavy atom. The molecule has 6 bridgehead atoms. The van der Waals surface area contributed by atoms with Crippen molar-refractivity contribution in [1.29, 1.82) is 0 Å². The number of rotatable bonds is 0. The van der Waals surface area contributed by atoms with Gasteiger partial charge in [0.25, 0.3) is 0 Å². The standard InChI is InChI=1S/C44H60Si2/c1-39(2)33-20-25-42(39,7)36(19-18-32-35-22-27-44(9,41(35,5)6)38(32)24-29-46(13,14)15)30(33)16-17-31-34-21-26-43(8,40(34,3)4)37(31)23-28-45(10,11)12/h33-35H,20-22,25-27H2,1-15H3/t33-,34-,35-,42+,43+,44+/m1/s1. The van der Waals surface area contributed by atoms with Gasteiger partial charge in [0.1, 0.15) is 16.1 Å². The third-order valence-electron chi connectivity index (χ3n) is 15.0. The zero-order chi connectivity index (χ0) is 34.1. The molecule has 0 radical (unpaired) electrons. The van der Waals surface area contributed by atoms with Crippen LogP contribution in [0.25, 0.3) is 0 Å². The van der Waals surface area contributed by atoms with Crippen LogP contribution in [0, 0.1) is 96.9 Å². The van der Waals surface area contributed by atoms with Gasteiger partial charge < -0.3 is 0 Å². The molecular formula is C44H60Si2. The second-order valence-corrected chi connectivity index (χ2v) is 29.8. The van der Waals surface area contributed by atoms with Crippen molar-refractivity contribution in [1.82, 2.24) is 0 Å². The number of hydrogen-bond donors (Lipinski definition) is 0. The van der Waals surface area contributed by atoms with E-state index in [1.54, 1.807) is 0 Å². The minimum absolute atomic E-state index is 0.0607. The molecule has 0 spiro atoms. The summed E-state index contributed by atoms with van der Waals surface area (Å²) in [7, 11) is -3.02. The van der Waals surface area contributed by atoms with Crippen LogP contribution in [0.4, 0.5) is 0 Å². The van der Waals surface area contributed by atoms with Crippen molar-refractivity contribution in [3.8, 4) is 46.6 Å². The molecule has 46 heavy (non-hydrogen) atoms. The number of hydrogen-bond acceptors (Lipinski definition) is 0. The lowest BCUT2D eigenvalue weighted by Gasteiger charge is -2.35. The highest BCUT2D eigenvalue weighted by molar-refractivity contribution is 6.84. The Labute approximate surface area is 285 Å². The van der Waals surface area contributed by atoms with Crippen molar-refractivity contribution in [2.45, 2.75) is 140 Å². The fourth-order valence-electron chi connectivity index (χ4n) is 10.6. The van der Waals surface area contributed by atoms with E-state index in [4.69, 9.17) is 0 Å². The zero-order valence-corrected chi connectivity index (χ0v) is 34.0. The van der Waals surface area contributed by atoms with Gasteiger partial charge in [-0.1, -0.05) is 137 Å². The Balaban J connectivity index is 1.53.